The molecule has 2 aromatic carbocycles. The number of aromatic carboxylic acids is 1. The van der Waals surface area contributed by atoms with Crippen LogP contribution in [0.4, 0.5) is 4.39 Å². The lowest BCUT2D eigenvalue weighted by Crippen LogP contribution is -2.02. The molecule has 1 N–H and O–H groups in total. The zero-order valence-corrected chi connectivity index (χ0v) is 11.7. The Bertz CT molecular complexity index is 667. The number of carboxylic acid groups (broad SMARTS) is 1. The molecule has 0 radical (unpaired) electrons. The van der Waals surface area contributed by atoms with Gasteiger partial charge in [-0.25, -0.2) is 9.18 Å². The van der Waals surface area contributed by atoms with Crippen LogP contribution >= 0.6 is 0 Å². The Morgan fingerprint density at radius 2 is 1.90 bits per heavy atom. The van der Waals surface area contributed by atoms with Gasteiger partial charge in [-0.05, 0) is 42.8 Å². The average molecular weight is 290 g/mol. The second-order valence-electron chi connectivity index (χ2n) is 4.53. The second-order valence-corrected chi connectivity index (χ2v) is 4.53. The number of halogens is 1. The van der Waals surface area contributed by atoms with Crippen LogP contribution in [0.5, 0.6) is 11.5 Å². The van der Waals surface area contributed by atoms with Gasteiger partial charge in [0.2, 0.25) is 0 Å². The third-order valence-corrected chi connectivity index (χ3v) is 3.08. The topological polar surface area (TPSA) is 55.8 Å². The molecule has 2 aromatic rings. The fraction of sp³-hybridized carbons (Fsp3) is 0.188. The first-order valence-electron chi connectivity index (χ1n) is 6.30. The first-order valence-corrected chi connectivity index (χ1v) is 6.30. The molecule has 0 aliphatic heterocycles. The quantitative estimate of drug-likeness (QED) is 0.916. The molecule has 0 aliphatic carbocycles. The number of benzene rings is 2. The standard InChI is InChI=1S/C16H15FO4/c1-10-7-13(5-6-14(10)16(18)19)21-9-11-3-4-12(20-2)8-15(11)17/h3-8H,9H2,1-2H3,(H,18,19). The summed E-state index contributed by atoms with van der Waals surface area (Å²) in [4.78, 5) is 10.9. The minimum absolute atomic E-state index is 0.0572. The van der Waals surface area contributed by atoms with E-state index in [0.717, 1.165) is 0 Å². The van der Waals surface area contributed by atoms with Gasteiger partial charge in [-0.2, -0.15) is 0 Å². The van der Waals surface area contributed by atoms with Crippen LogP contribution in [0.2, 0.25) is 0 Å². The number of carbonyl (C=O) groups is 1. The summed E-state index contributed by atoms with van der Waals surface area (Å²) < 4.78 is 24.2. The predicted molar refractivity (Wildman–Crippen MR) is 75.4 cm³/mol. The molecule has 0 heterocycles. The fourth-order valence-corrected chi connectivity index (χ4v) is 1.90. The van der Waals surface area contributed by atoms with Crippen LogP contribution in [0, 0.1) is 12.7 Å². The van der Waals surface area contributed by atoms with Crippen molar-refractivity contribution in [1.29, 1.82) is 0 Å². The maximum absolute atomic E-state index is 13.8. The molecule has 0 atom stereocenters. The monoisotopic (exact) mass is 290 g/mol. The van der Waals surface area contributed by atoms with Gasteiger partial charge in [0.25, 0.3) is 0 Å². The van der Waals surface area contributed by atoms with Gasteiger partial charge < -0.3 is 14.6 Å². The number of methoxy groups -OCH3 is 1. The zero-order chi connectivity index (χ0) is 15.4. The molecule has 0 spiro atoms. The number of carboxylic acids is 1. The normalized spacial score (nSPS) is 10.2. The van der Waals surface area contributed by atoms with E-state index in [1.807, 2.05) is 0 Å². The molecule has 21 heavy (non-hydrogen) atoms. The molecule has 0 unspecified atom stereocenters. The van der Waals surface area contributed by atoms with Gasteiger partial charge in [-0.15, -0.1) is 0 Å². The van der Waals surface area contributed by atoms with Gasteiger partial charge in [0, 0.05) is 11.6 Å². The van der Waals surface area contributed by atoms with E-state index >= 15 is 0 Å². The van der Waals surface area contributed by atoms with Crippen LogP contribution in [0.25, 0.3) is 0 Å². The summed E-state index contributed by atoms with van der Waals surface area (Å²) in [6.45, 7) is 1.74. The van der Waals surface area contributed by atoms with Crippen LogP contribution in [0.1, 0.15) is 21.5 Å². The highest BCUT2D eigenvalue weighted by Gasteiger charge is 2.09. The van der Waals surface area contributed by atoms with Crippen molar-refractivity contribution in [2.45, 2.75) is 13.5 Å². The Hall–Kier alpha value is -2.56. The summed E-state index contributed by atoms with van der Waals surface area (Å²) in [5, 5.41) is 8.95. The molecule has 0 aromatic heterocycles. The fourth-order valence-electron chi connectivity index (χ4n) is 1.90. The number of hydrogen-bond donors (Lipinski definition) is 1. The third kappa shape index (κ3) is 3.51. The van der Waals surface area contributed by atoms with Crippen LogP contribution < -0.4 is 9.47 Å². The summed E-state index contributed by atoms with van der Waals surface area (Å²) in [6, 6.07) is 9.17. The lowest BCUT2D eigenvalue weighted by atomic mass is 10.1. The molecule has 0 saturated heterocycles. The molecule has 0 bridgehead atoms. The Morgan fingerprint density at radius 1 is 1.19 bits per heavy atom. The first kappa shape index (κ1) is 14.8. The van der Waals surface area contributed by atoms with E-state index in [-0.39, 0.29) is 12.2 Å². The lowest BCUT2D eigenvalue weighted by molar-refractivity contribution is 0.0696. The van der Waals surface area contributed by atoms with Gasteiger partial charge in [-0.3, -0.25) is 0 Å². The minimum Gasteiger partial charge on any atom is -0.497 e. The van der Waals surface area contributed by atoms with Crippen molar-refractivity contribution in [2.75, 3.05) is 7.11 Å². The average Bonchev–Trinajstić information content (AvgIpc) is 2.45. The van der Waals surface area contributed by atoms with E-state index in [4.69, 9.17) is 14.6 Å². The SMILES string of the molecule is COc1ccc(COc2ccc(C(=O)O)c(C)c2)c(F)c1. The molecule has 2 rings (SSSR count). The largest absolute Gasteiger partial charge is 0.497 e. The second kappa shape index (κ2) is 6.26. The molecular weight excluding hydrogens is 275 g/mol. The van der Waals surface area contributed by atoms with Gasteiger partial charge >= 0.3 is 5.97 Å². The molecule has 0 aliphatic rings. The third-order valence-electron chi connectivity index (χ3n) is 3.08. The Morgan fingerprint density at radius 3 is 2.48 bits per heavy atom. The van der Waals surface area contributed by atoms with E-state index < -0.39 is 11.8 Å². The number of hydrogen-bond acceptors (Lipinski definition) is 3. The molecule has 0 fully saturated rings. The van der Waals surface area contributed by atoms with Crippen molar-refractivity contribution >= 4 is 5.97 Å². The van der Waals surface area contributed by atoms with E-state index in [0.29, 0.717) is 22.6 Å². The summed E-state index contributed by atoms with van der Waals surface area (Å²) in [7, 11) is 1.47. The van der Waals surface area contributed by atoms with E-state index in [1.165, 1.54) is 19.2 Å². The maximum Gasteiger partial charge on any atom is 0.335 e. The van der Waals surface area contributed by atoms with Crippen LogP contribution in [0.15, 0.2) is 36.4 Å². The maximum atomic E-state index is 13.8. The summed E-state index contributed by atoms with van der Waals surface area (Å²) >= 11 is 0. The molecule has 5 heteroatoms. The number of ether oxygens (including phenoxy) is 2. The number of rotatable bonds is 5. The van der Waals surface area contributed by atoms with Crippen molar-refractivity contribution in [3.8, 4) is 11.5 Å². The number of aryl methyl sites for hydroxylation is 1. The molecule has 0 amide bonds. The van der Waals surface area contributed by atoms with Crippen molar-refractivity contribution in [3.05, 3.63) is 58.9 Å². The summed E-state index contributed by atoms with van der Waals surface area (Å²) in [6.07, 6.45) is 0. The summed E-state index contributed by atoms with van der Waals surface area (Å²) in [5.74, 6) is -0.459. The van der Waals surface area contributed by atoms with E-state index in [9.17, 15) is 9.18 Å². The van der Waals surface area contributed by atoms with Crippen LogP contribution in [0.3, 0.4) is 0 Å². The van der Waals surface area contributed by atoms with Gasteiger partial charge in [0.1, 0.15) is 23.9 Å². The highest BCUT2D eigenvalue weighted by Crippen LogP contribution is 2.21. The molecule has 0 saturated carbocycles. The van der Waals surface area contributed by atoms with Crippen molar-refractivity contribution in [3.63, 3.8) is 0 Å². The smallest absolute Gasteiger partial charge is 0.335 e. The highest BCUT2D eigenvalue weighted by molar-refractivity contribution is 5.89. The Kier molecular flexibility index (Phi) is 4.42. The van der Waals surface area contributed by atoms with Gasteiger partial charge in [0.05, 0.1) is 12.7 Å². The van der Waals surface area contributed by atoms with Crippen molar-refractivity contribution in [2.24, 2.45) is 0 Å². The molecular formula is C16H15FO4. The van der Waals surface area contributed by atoms with E-state index in [1.54, 1.807) is 31.2 Å². The summed E-state index contributed by atoms with van der Waals surface area (Å²) in [5.41, 5.74) is 1.21. The van der Waals surface area contributed by atoms with Crippen LogP contribution in [-0.4, -0.2) is 18.2 Å². The first-order chi connectivity index (χ1) is 10.0. The van der Waals surface area contributed by atoms with Crippen molar-refractivity contribution in [1.82, 2.24) is 0 Å². The zero-order valence-electron chi connectivity index (χ0n) is 11.7. The molecule has 4 nitrogen and oxygen atoms in total. The lowest BCUT2D eigenvalue weighted by Gasteiger charge is -2.10. The Labute approximate surface area is 121 Å². The minimum atomic E-state index is -0.986. The highest BCUT2D eigenvalue weighted by atomic mass is 19.1. The Balaban J connectivity index is 2.10. The predicted octanol–water partition coefficient (Wildman–Crippen LogP) is 3.42. The van der Waals surface area contributed by atoms with E-state index in [2.05, 4.69) is 0 Å². The van der Waals surface area contributed by atoms with Crippen LogP contribution in [-0.2, 0) is 6.61 Å². The van der Waals surface area contributed by atoms with Gasteiger partial charge in [-0.1, -0.05) is 0 Å². The molecule has 110 valence electrons. The van der Waals surface area contributed by atoms with Gasteiger partial charge in [0.15, 0.2) is 0 Å². The van der Waals surface area contributed by atoms with Crippen molar-refractivity contribution < 1.29 is 23.8 Å².